The largest absolute Gasteiger partial charge is 0.504 e. The van der Waals surface area contributed by atoms with Crippen LogP contribution in [0.1, 0.15) is 19.8 Å². The molecule has 0 bridgehead atoms. The zero-order valence-corrected chi connectivity index (χ0v) is 25.5. The molecule has 0 saturated carbocycles. The van der Waals surface area contributed by atoms with Crippen molar-refractivity contribution >= 4 is 22.9 Å². The standard InChI is InChI=1S/C30H34O17/c1-30(40,9-18(32)33)10-19(34)44-11-17-21(35)23(37)24(38)29(47-17)46-14-6-5-12(7-16(14)41-2)15-8-13(31)20-22(36)27(42-3)25(39)28(43-4)26(20)45-15/h5-8,17,21,23-24,29,35-40H,9-11H2,1-4H3,(H,32,33)/t17-,21-,23+,24-,29-,30+/m1/s1. The Hall–Kier alpha value is -4.81. The van der Waals surface area contributed by atoms with Crippen molar-refractivity contribution in [1.29, 1.82) is 0 Å². The number of fused-ring (bicyclic) bond motifs is 1. The van der Waals surface area contributed by atoms with Gasteiger partial charge in [-0.2, -0.15) is 0 Å². The molecule has 0 unspecified atom stereocenters. The maximum absolute atomic E-state index is 13.0. The van der Waals surface area contributed by atoms with Gasteiger partial charge >= 0.3 is 11.9 Å². The van der Waals surface area contributed by atoms with E-state index in [9.17, 15) is 45.0 Å². The number of methoxy groups -OCH3 is 3. The zero-order valence-electron chi connectivity index (χ0n) is 25.5. The molecule has 1 saturated heterocycles. The maximum atomic E-state index is 13.0. The van der Waals surface area contributed by atoms with E-state index in [4.69, 9.17) is 37.9 Å². The molecule has 2 heterocycles. The fraction of sp³-hybridized carbons (Fsp3) is 0.433. The number of carboxylic acids is 1. The summed E-state index contributed by atoms with van der Waals surface area (Å²) >= 11 is 0. The number of benzene rings is 2. The molecule has 2 aromatic carbocycles. The van der Waals surface area contributed by atoms with Crippen LogP contribution in [0.4, 0.5) is 0 Å². The summed E-state index contributed by atoms with van der Waals surface area (Å²) in [5.74, 6) is -4.30. The van der Waals surface area contributed by atoms with E-state index >= 15 is 0 Å². The van der Waals surface area contributed by atoms with Gasteiger partial charge in [0.1, 0.15) is 42.2 Å². The molecule has 17 heteroatoms. The van der Waals surface area contributed by atoms with Gasteiger partial charge in [0.15, 0.2) is 28.3 Å². The normalized spacial score (nSPS) is 22.3. The number of aliphatic carboxylic acids is 1. The van der Waals surface area contributed by atoms with Gasteiger partial charge in [-0.1, -0.05) is 0 Å². The number of esters is 1. The Morgan fingerprint density at radius 2 is 1.57 bits per heavy atom. The second-order valence-corrected chi connectivity index (χ2v) is 10.9. The molecular weight excluding hydrogens is 632 g/mol. The number of phenolic OH excluding ortho intramolecular Hbond substituents is 2. The summed E-state index contributed by atoms with van der Waals surface area (Å²) in [5, 5.41) is 71.0. The summed E-state index contributed by atoms with van der Waals surface area (Å²) in [6.45, 7) is 0.485. The first-order valence-electron chi connectivity index (χ1n) is 13.9. The number of hydrogen-bond donors (Lipinski definition) is 7. The highest BCUT2D eigenvalue weighted by Gasteiger charge is 2.46. The summed E-state index contributed by atoms with van der Waals surface area (Å²) in [7, 11) is 3.68. The Morgan fingerprint density at radius 1 is 0.894 bits per heavy atom. The van der Waals surface area contributed by atoms with Crippen LogP contribution in [-0.2, 0) is 19.1 Å². The predicted molar refractivity (Wildman–Crippen MR) is 157 cm³/mol. The fourth-order valence-electron chi connectivity index (χ4n) is 4.96. The van der Waals surface area contributed by atoms with E-state index in [-0.39, 0.29) is 45.3 Å². The lowest BCUT2D eigenvalue weighted by atomic mass is 9.98. The lowest BCUT2D eigenvalue weighted by molar-refractivity contribution is -0.278. The van der Waals surface area contributed by atoms with Crippen LogP contribution in [-0.4, -0.2) is 112 Å². The van der Waals surface area contributed by atoms with Gasteiger partial charge in [-0.05, 0) is 25.1 Å². The average molecular weight is 667 g/mol. The van der Waals surface area contributed by atoms with E-state index in [0.29, 0.717) is 0 Å². The zero-order chi connectivity index (χ0) is 34.8. The minimum atomic E-state index is -1.91. The molecule has 3 aromatic rings. The Kier molecular flexibility index (Phi) is 10.4. The first-order valence-corrected chi connectivity index (χ1v) is 13.9. The van der Waals surface area contributed by atoms with Gasteiger partial charge in [0.25, 0.3) is 0 Å². The number of phenols is 2. The molecule has 0 amide bonds. The lowest BCUT2D eigenvalue weighted by Crippen LogP contribution is -2.60. The van der Waals surface area contributed by atoms with Crippen molar-refractivity contribution < 1.29 is 78.2 Å². The second-order valence-electron chi connectivity index (χ2n) is 10.9. The van der Waals surface area contributed by atoms with Crippen LogP contribution in [0.2, 0.25) is 0 Å². The average Bonchev–Trinajstić information content (AvgIpc) is 3.00. The van der Waals surface area contributed by atoms with Gasteiger partial charge in [0.2, 0.25) is 23.5 Å². The van der Waals surface area contributed by atoms with Crippen molar-refractivity contribution in [3.8, 4) is 45.8 Å². The minimum absolute atomic E-state index is 0.0256. The predicted octanol–water partition coefficient (Wildman–Crippen LogP) is 0.242. The Bertz CT molecular complexity index is 1700. The van der Waals surface area contributed by atoms with Crippen molar-refractivity contribution in [2.45, 2.75) is 56.1 Å². The Labute approximate surface area is 265 Å². The number of aromatic hydroxyl groups is 2. The van der Waals surface area contributed by atoms with E-state index < -0.39 is 84.6 Å². The minimum Gasteiger partial charge on any atom is -0.504 e. The summed E-state index contributed by atoms with van der Waals surface area (Å²) in [6, 6.07) is 5.25. The Morgan fingerprint density at radius 3 is 2.19 bits per heavy atom. The molecule has 0 radical (unpaired) electrons. The van der Waals surface area contributed by atoms with Gasteiger partial charge < -0.3 is 68.6 Å². The summed E-state index contributed by atoms with van der Waals surface area (Å²) in [6.07, 6.45) is -9.78. The van der Waals surface area contributed by atoms with Crippen molar-refractivity contribution in [3.05, 3.63) is 34.5 Å². The first kappa shape index (κ1) is 35.1. The van der Waals surface area contributed by atoms with Crippen LogP contribution in [0.25, 0.3) is 22.3 Å². The number of aliphatic hydroxyl groups is 4. The van der Waals surface area contributed by atoms with Crippen molar-refractivity contribution in [1.82, 2.24) is 0 Å². The molecular formula is C30H34O17. The third-order valence-corrected chi connectivity index (χ3v) is 7.27. The van der Waals surface area contributed by atoms with Gasteiger partial charge in [0, 0.05) is 11.6 Å². The second kappa shape index (κ2) is 13.9. The van der Waals surface area contributed by atoms with E-state index in [1.54, 1.807) is 0 Å². The number of carbonyl (C=O) groups is 2. The highest BCUT2D eigenvalue weighted by atomic mass is 16.7. The molecule has 17 nitrogen and oxygen atoms in total. The molecule has 256 valence electrons. The van der Waals surface area contributed by atoms with E-state index in [2.05, 4.69) is 0 Å². The van der Waals surface area contributed by atoms with Gasteiger partial charge in [0.05, 0.1) is 39.8 Å². The van der Waals surface area contributed by atoms with E-state index in [0.717, 1.165) is 13.0 Å². The van der Waals surface area contributed by atoms with Crippen LogP contribution in [0.5, 0.6) is 34.5 Å². The maximum Gasteiger partial charge on any atom is 0.308 e. The number of hydrogen-bond acceptors (Lipinski definition) is 16. The molecule has 1 aliphatic heterocycles. The van der Waals surface area contributed by atoms with Crippen molar-refractivity contribution in [2.24, 2.45) is 0 Å². The van der Waals surface area contributed by atoms with Gasteiger partial charge in [-0.25, -0.2) is 0 Å². The molecule has 0 aliphatic carbocycles. The highest BCUT2D eigenvalue weighted by Crippen LogP contribution is 2.49. The Balaban J connectivity index is 1.57. The van der Waals surface area contributed by atoms with E-state index in [1.165, 1.54) is 39.5 Å². The number of rotatable bonds is 12. The van der Waals surface area contributed by atoms with Crippen LogP contribution in [0, 0.1) is 0 Å². The molecule has 1 aliphatic rings. The summed E-state index contributed by atoms with van der Waals surface area (Å²) < 4.78 is 37.7. The highest BCUT2D eigenvalue weighted by molar-refractivity contribution is 5.95. The molecule has 1 aromatic heterocycles. The molecule has 4 rings (SSSR count). The van der Waals surface area contributed by atoms with Crippen LogP contribution < -0.4 is 24.4 Å². The summed E-state index contributed by atoms with van der Waals surface area (Å²) in [4.78, 5) is 36.1. The lowest BCUT2D eigenvalue weighted by Gasteiger charge is -2.40. The van der Waals surface area contributed by atoms with Crippen molar-refractivity contribution in [3.63, 3.8) is 0 Å². The fourth-order valence-corrected chi connectivity index (χ4v) is 4.96. The third-order valence-electron chi connectivity index (χ3n) is 7.27. The number of carbonyl (C=O) groups excluding carboxylic acids is 1. The monoisotopic (exact) mass is 666 g/mol. The van der Waals surface area contributed by atoms with Crippen LogP contribution in [0.3, 0.4) is 0 Å². The quantitative estimate of drug-likeness (QED) is 0.128. The van der Waals surface area contributed by atoms with Gasteiger partial charge in [-0.3, -0.25) is 14.4 Å². The van der Waals surface area contributed by atoms with Crippen LogP contribution >= 0.6 is 0 Å². The number of carboxylic acid groups (broad SMARTS) is 1. The SMILES string of the molecule is COc1cc(-c2cc(=O)c3c(O)c(OC)c(O)c(OC)c3o2)ccc1O[C@@H]1O[C@H](COC(=O)C[C@@](C)(O)CC(=O)O)[C@@H](O)[C@H](O)[C@H]1O. The van der Waals surface area contributed by atoms with Gasteiger partial charge in [-0.15, -0.1) is 0 Å². The molecule has 7 N–H and O–H groups in total. The molecule has 1 fully saturated rings. The van der Waals surface area contributed by atoms with E-state index in [1.807, 2.05) is 0 Å². The smallest absolute Gasteiger partial charge is 0.308 e. The summed E-state index contributed by atoms with van der Waals surface area (Å²) in [5.41, 5.74) is -2.61. The van der Waals surface area contributed by atoms with Crippen LogP contribution in [0.15, 0.2) is 33.5 Å². The van der Waals surface area contributed by atoms with Crippen molar-refractivity contribution in [2.75, 3.05) is 27.9 Å². The number of ether oxygens (including phenoxy) is 6. The number of aliphatic hydroxyl groups excluding tert-OH is 3. The first-order chi connectivity index (χ1) is 22.1. The molecule has 0 spiro atoms. The molecule has 47 heavy (non-hydrogen) atoms. The third kappa shape index (κ3) is 7.28. The topological polar surface area (TPSA) is 261 Å². The molecule has 6 atom stereocenters.